The highest BCUT2D eigenvalue weighted by atomic mass is 127. The largest absolute Gasteiger partial charge is 0.387 e. The molecular formula is C17H27ClIN5OS. The van der Waals surface area contributed by atoms with Gasteiger partial charge in [-0.25, -0.2) is 4.98 Å². The number of halogens is 2. The lowest BCUT2D eigenvalue weighted by Gasteiger charge is -2.22. The number of aliphatic imine (C=N–C) groups is 1. The summed E-state index contributed by atoms with van der Waals surface area (Å²) >= 11 is 8.05. The fraction of sp³-hybridized carbons (Fsp3) is 0.647. The average Bonchev–Trinajstić information content (AvgIpc) is 3.23. The predicted octanol–water partition coefficient (Wildman–Crippen LogP) is 2.35. The Kier molecular flexibility index (Phi) is 8.56. The molecule has 2 fully saturated rings. The Hall–Kier alpha value is -0.450. The molecule has 6 nitrogen and oxygen atoms in total. The molecule has 1 aromatic heterocycles. The molecule has 9 heteroatoms. The Bertz CT molecular complexity index is 615. The number of pyridine rings is 1. The molecule has 2 aliphatic heterocycles. The van der Waals surface area contributed by atoms with Gasteiger partial charge in [0.05, 0.1) is 17.2 Å². The first-order chi connectivity index (χ1) is 12.1. The normalized spacial score (nSPS) is 25.9. The van der Waals surface area contributed by atoms with E-state index < -0.39 is 5.60 Å². The van der Waals surface area contributed by atoms with E-state index in [-0.39, 0.29) is 30.0 Å². The van der Waals surface area contributed by atoms with Crippen molar-refractivity contribution < 1.29 is 5.11 Å². The van der Waals surface area contributed by atoms with Crippen molar-refractivity contribution in [3.8, 4) is 0 Å². The van der Waals surface area contributed by atoms with E-state index >= 15 is 0 Å². The van der Waals surface area contributed by atoms with E-state index in [2.05, 4.69) is 25.5 Å². The molecule has 0 amide bonds. The molecule has 2 atom stereocenters. The molecule has 3 rings (SSSR count). The van der Waals surface area contributed by atoms with Gasteiger partial charge in [0.15, 0.2) is 5.96 Å². The molecule has 1 aromatic rings. The summed E-state index contributed by atoms with van der Waals surface area (Å²) in [6, 6.07) is 4.00. The zero-order chi connectivity index (χ0) is 17.7. The molecule has 2 aliphatic rings. The number of nitrogens with one attached hydrogen (secondary N) is 2. The minimum Gasteiger partial charge on any atom is -0.387 e. The van der Waals surface area contributed by atoms with Crippen LogP contribution in [-0.4, -0.2) is 65.4 Å². The van der Waals surface area contributed by atoms with Crippen molar-refractivity contribution in [3.63, 3.8) is 0 Å². The van der Waals surface area contributed by atoms with Gasteiger partial charge in [0.1, 0.15) is 5.82 Å². The molecule has 146 valence electrons. The van der Waals surface area contributed by atoms with Gasteiger partial charge in [-0.3, -0.25) is 4.99 Å². The zero-order valence-corrected chi connectivity index (χ0v) is 18.9. The summed E-state index contributed by atoms with van der Waals surface area (Å²) in [5.74, 6) is 3.39. The maximum Gasteiger partial charge on any atom is 0.191 e. The Morgan fingerprint density at radius 2 is 2.42 bits per heavy atom. The molecule has 26 heavy (non-hydrogen) atoms. The van der Waals surface area contributed by atoms with Crippen molar-refractivity contribution in [2.75, 3.05) is 42.6 Å². The highest BCUT2D eigenvalue weighted by molar-refractivity contribution is 14.0. The van der Waals surface area contributed by atoms with Gasteiger partial charge in [0.25, 0.3) is 0 Å². The van der Waals surface area contributed by atoms with Crippen LogP contribution in [0.2, 0.25) is 5.02 Å². The lowest BCUT2D eigenvalue weighted by Crippen LogP contribution is -2.45. The minimum atomic E-state index is -0.657. The fourth-order valence-corrected chi connectivity index (χ4v) is 4.67. The molecule has 0 aromatic carbocycles. The average molecular weight is 512 g/mol. The van der Waals surface area contributed by atoms with Crippen molar-refractivity contribution in [1.29, 1.82) is 0 Å². The highest BCUT2D eigenvalue weighted by Gasteiger charge is 2.32. The summed E-state index contributed by atoms with van der Waals surface area (Å²) in [5, 5.41) is 17.9. The van der Waals surface area contributed by atoms with Crippen LogP contribution < -0.4 is 15.5 Å². The number of rotatable bonds is 5. The molecular weight excluding hydrogens is 485 g/mol. The van der Waals surface area contributed by atoms with Gasteiger partial charge < -0.3 is 20.6 Å². The first kappa shape index (κ1) is 21.8. The summed E-state index contributed by atoms with van der Waals surface area (Å²) in [5.41, 5.74) is -0.657. The topological polar surface area (TPSA) is 72.8 Å². The standard InChI is InChI=1S/C17H26ClN5OS.HI/c1-2-19-16(21-11-17(24)6-9-25-12-17)22-13-5-8-23(10-13)15-14(18)4-3-7-20-15;/h3-4,7,13,24H,2,5-6,8-12H2,1H3,(H2,19,21,22);1H. The van der Waals surface area contributed by atoms with E-state index in [1.807, 2.05) is 19.1 Å². The molecule has 0 spiro atoms. The van der Waals surface area contributed by atoms with Crippen LogP contribution in [0, 0.1) is 0 Å². The van der Waals surface area contributed by atoms with E-state index in [0.29, 0.717) is 11.6 Å². The Morgan fingerprint density at radius 3 is 3.12 bits per heavy atom. The van der Waals surface area contributed by atoms with E-state index in [1.165, 1.54) is 0 Å². The molecule has 0 bridgehead atoms. The quantitative estimate of drug-likeness (QED) is 0.320. The van der Waals surface area contributed by atoms with E-state index in [1.54, 1.807) is 18.0 Å². The summed E-state index contributed by atoms with van der Waals surface area (Å²) < 4.78 is 0. The minimum absolute atomic E-state index is 0. The third-order valence-electron chi connectivity index (χ3n) is 4.53. The van der Waals surface area contributed by atoms with Gasteiger partial charge in [0.2, 0.25) is 0 Å². The van der Waals surface area contributed by atoms with Crippen LogP contribution in [0.25, 0.3) is 0 Å². The smallest absolute Gasteiger partial charge is 0.191 e. The third-order valence-corrected chi connectivity index (χ3v) is 6.06. The number of hydrogen-bond acceptors (Lipinski definition) is 5. The van der Waals surface area contributed by atoms with Gasteiger partial charge >= 0.3 is 0 Å². The summed E-state index contributed by atoms with van der Waals surface area (Å²) in [4.78, 5) is 11.2. The molecule has 3 heterocycles. The van der Waals surface area contributed by atoms with Crippen LogP contribution in [0.15, 0.2) is 23.3 Å². The lowest BCUT2D eigenvalue weighted by molar-refractivity contribution is 0.0778. The second-order valence-electron chi connectivity index (χ2n) is 6.61. The van der Waals surface area contributed by atoms with Crippen molar-refractivity contribution in [1.82, 2.24) is 15.6 Å². The Balaban J connectivity index is 0.00000243. The number of hydrogen-bond donors (Lipinski definition) is 3. The van der Waals surface area contributed by atoms with Crippen molar-refractivity contribution in [2.24, 2.45) is 4.99 Å². The summed E-state index contributed by atoms with van der Waals surface area (Å²) in [7, 11) is 0. The van der Waals surface area contributed by atoms with Gasteiger partial charge in [-0.05, 0) is 37.7 Å². The van der Waals surface area contributed by atoms with Gasteiger partial charge in [-0.2, -0.15) is 11.8 Å². The van der Waals surface area contributed by atoms with Crippen molar-refractivity contribution in [2.45, 2.75) is 31.4 Å². The zero-order valence-electron chi connectivity index (χ0n) is 14.9. The van der Waals surface area contributed by atoms with Gasteiger partial charge in [-0.15, -0.1) is 24.0 Å². The first-order valence-electron chi connectivity index (χ1n) is 8.80. The van der Waals surface area contributed by atoms with E-state index in [9.17, 15) is 5.11 Å². The number of guanidine groups is 1. The predicted molar refractivity (Wildman–Crippen MR) is 121 cm³/mol. The second kappa shape index (κ2) is 10.2. The van der Waals surface area contributed by atoms with Gasteiger partial charge in [-0.1, -0.05) is 11.6 Å². The number of anilines is 1. The monoisotopic (exact) mass is 511 g/mol. The molecule has 3 N–H and O–H groups in total. The molecule has 2 saturated heterocycles. The van der Waals surface area contributed by atoms with Crippen LogP contribution in [0.4, 0.5) is 5.82 Å². The maximum absolute atomic E-state index is 10.5. The van der Waals surface area contributed by atoms with E-state index in [0.717, 1.165) is 55.8 Å². The fourth-order valence-electron chi connectivity index (χ4n) is 3.14. The Morgan fingerprint density at radius 1 is 1.58 bits per heavy atom. The van der Waals surface area contributed by atoms with Crippen LogP contribution in [0.3, 0.4) is 0 Å². The number of thioether (sulfide) groups is 1. The van der Waals surface area contributed by atoms with Gasteiger partial charge in [0, 0.05) is 37.6 Å². The molecule has 2 unspecified atom stereocenters. The number of aliphatic hydroxyl groups is 1. The first-order valence-corrected chi connectivity index (χ1v) is 10.3. The lowest BCUT2D eigenvalue weighted by atomic mass is 10.1. The van der Waals surface area contributed by atoms with Crippen molar-refractivity contribution >= 4 is 59.1 Å². The van der Waals surface area contributed by atoms with Crippen molar-refractivity contribution in [3.05, 3.63) is 23.4 Å². The number of aromatic nitrogens is 1. The van der Waals surface area contributed by atoms with Crippen LogP contribution in [-0.2, 0) is 0 Å². The summed E-state index contributed by atoms with van der Waals surface area (Å²) in [6.45, 7) is 5.03. The van der Waals surface area contributed by atoms with E-state index in [4.69, 9.17) is 11.6 Å². The maximum atomic E-state index is 10.5. The third kappa shape index (κ3) is 5.77. The second-order valence-corrected chi connectivity index (χ2v) is 8.12. The molecule has 0 radical (unpaired) electrons. The Labute approximate surface area is 181 Å². The number of nitrogens with zero attached hydrogens (tertiary/aromatic N) is 3. The van der Waals surface area contributed by atoms with Crippen LogP contribution >= 0.6 is 47.3 Å². The summed E-state index contributed by atoms with van der Waals surface area (Å²) in [6.07, 6.45) is 3.58. The van der Waals surface area contributed by atoms with Crippen LogP contribution in [0.1, 0.15) is 19.8 Å². The molecule has 0 aliphatic carbocycles. The molecule has 0 saturated carbocycles. The van der Waals surface area contributed by atoms with Crippen LogP contribution in [0.5, 0.6) is 0 Å². The highest BCUT2D eigenvalue weighted by Crippen LogP contribution is 2.28. The SMILES string of the molecule is CCNC(=NCC1(O)CCSC1)NC1CCN(c2ncccc2Cl)C1.I.